The van der Waals surface area contributed by atoms with E-state index in [1.165, 1.54) is 11.3 Å². The number of anilines is 1. The van der Waals surface area contributed by atoms with Crippen LogP contribution in [0.2, 0.25) is 0 Å². The van der Waals surface area contributed by atoms with Gasteiger partial charge in [-0.1, -0.05) is 36.5 Å². The van der Waals surface area contributed by atoms with Crippen LogP contribution in [-0.4, -0.2) is 22.7 Å². The summed E-state index contributed by atoms with van der Waals surface area (Å²) in [7, 11) is 0. The van der Waals surface area contributed by atoms with Crippen molar-refractivity contribution in [2.45, 2.75) is 26.7 Å². The normalized spacial score (nSPS) is 10.3. The number of benzene rings is 1. The van der Waals surface area contributed by atoms with Gasteiger partial charge < -0.3 is 10.1 Å². The fraction of sp³-hybridized carbons (Fsp3) is 0.357. The molecule has 5 nitrogen and oxygen atoms in total. The highest BCUT2D eigenvalue weighted by atomic mass is 32.1. The molecule has 1 heterocycles. The van der Waals surface area contributed by atoms with Gasteiger partial charge in [0.25, 0.3) is 0 Å². The highest BCUT2D eigenvalue weighted by Gasteiger charge is 2.07. The van der Waals surface area contributed by atoms with Crippen LogP contribution in [0.3, 0.4) is 0 Å². The van der Waals surface area contributed by atoms with E-state index in [1.54, 1.807) is 0 Å². The number of hydrogen-bond acceptors (Lipinski definition) is 5. The molecule has 6 heteroatoms. The minimum Gasteiger partial charge on any atom is -0.493 e. The zero-order chi connectivity index (χ0) is 14.4. The number of aromatic nitrogens is 2. The number of aryl methyl sites for hydroxylation is 2. The molecule has 2 rings (SSSR count). The summed E-state index contributed by atoms with van der Waals surface area (Å²) in [6.45, 7) is 4.32. The Bertz CT molecular complexity index is 583. The predicted molar refractivity (Wildman–Crippen MR) is 79.2 cm³/mol. The first kappa shape index (κ1) is 14.5. The molecule has 0 atom stereocenters. The summed E-state index contributed by atoms with van der Waals surface area (Å²) in [6, 6.07) is 7.74. The zero-order valence-electron chi connectivity index (χ0n) is 11.5. The Balaban J connectivity index is 1.77. The van der Waals surface area contributed by atoms with Gasteiger partial charge in [-0.3, -0.25) is 4.79 Å². The summed E-state index contributed by atoms with van der Waals surface area (Å²) >= 11 is 1.40. The van der Waals surface area contributed by atoms with Crippen LogP contribution >= 0.6 is 11.3 Å². The van der Waals surface area contributed by atoms with E-state index in [9.17, 15) is 4.79 Å². The van der Waals surface area contributed by atoms with E-state index in [0.717, 1.165) is 22.7 Å². The second-order valence-corrected chi connectivity index (χ2v) is 5.33. The summed E-state index contributed by atoms with van der Waals surface area (Å²) in [6.07, 6.45) is 1.11. The lowest BCUT2D eigenvalue weighted by Gasteiger charge is -2.08. The third-order valence-electron chi connectivity index (χ3n) is 2.70. The number of rotatable bonds is 6. The number of para-hydroxylation sites is 1. The van der Waals surface area contributed by atoms with Crippen LogP contribution in [0, 0.1) is 6.92 Å². The molecule has 1 amide bonds. The van der Waals surface area contributed by atoms with E-state index in [4.69, 9.17) is 4.74 Å². The van der Waals surface area contributed by atoms with E-state index in [2.05, 4.69) is 15.5 Å². The summed E-state index contributed by atoms with van der Waals surface area (Å²) in [5, 5.41) is 12.0. The summed E-state index contributed by atoms with van der Waals surface area (Å²) in [5.41, 5.74) is 1.06. The number of nitrogens with zero attached hydrogens (tertiary/aromatic N) is 2. The van der Waals surface area contributed by atoms with Crippen LogP contribution in [0.1, 0.15) is 23.9 Å². The van der Waals surface area contributed by atoms with Crippen molar-refractivity contribution in [3.63, 3.8) is 0 Å². The van der Waals surface area contributed by atoms with Crippen molar-refractivity contribution in [2.24, 2.45) is 0 Å². The Hall–Kier alpha value is -1.95. The molecule has 0 saturated carbocycles. The Morgan fingerprint density at radius 2 is 2.15 bits per heavy atom. The highest BCUT2D eigenvalue weighted by molar-refractivity contribution is 7.15. The third kappa shape index (κ3) is 4.03. The van der Waals surface area contributed by atoms with Crippen molar-refractivity contribution in [3.05, 3.63) is 34.8 Å². The molecule has 0 aliphatic carbocycles. The van der Waals surface area contributed by atoms with Crippen molar-refractivity contribution in [3.8, 4) is 5.75 Å². The van der Waals surface area contributed by atoms with Gasteiger partial charge in [0, 0.05) is 0 Å². The number of amides is 1. The maximum atomic E-state index is 11.7. The van der Waals surface area contributed by atoms with Crippen LogP contribution in [0.5, 0.6) is 5.75 Å². The molecule has 0 spiro atoms. The molecule has 0 unspecified atom stereocenters. The lowest BCUT2D eigenvalue weighted by Crippen LogP contribution is -2.15. The largest absolute Gasteiger partial charge is 0.493 e. The molecule has 1 N–H and O–H groups in total. The molecular formula is C14H17N3O2S. The Morgan fingerprint density at radius 3 is 2.85 bits per heavy atom. The van der Waals surface area contributed by atoms with E-state index >= 15 is 0 Å². The molecule has 0 saturated heterocycles. The second-order valence-electron chi connectivity index (χ2n) is 4.27. The monoisotopic (exact) mass is 291 g/mol. The van der Waals surface area contributed by atoms with Crippen molar-refractivity contribution >= 4 is 22.4 Å². The van der Waals surface area contributed by atoms with Crippen LogP contribution < -0.4 is 10.1 Å². The average molecular weight is 291 g/mol. The van der Waals surface area contributed by atoms with Gasteiger partial charge in [-0.2, -0.15) is 0 Å². The van der Waals surface area contributed by atoms with Crippen molar-refractivity contribution in [2.75, 3.05) is 11.9 Å². The fourth-order valence-corrected chi connectivity index (χ4v) is 2.30. The van der Waals surface area contributed by atoms with Crippen molar-refractivity contribution in [1.82, 2.24) is 10.2 Å². The van der Waals surface area contributed by atoms with Crippen LogP contribution in [-0.2, 0) is 11.2 Å². The number of ether oxygens (including phenoxy) is 1. The SMILES string of the molecule is CCc1nnc(NC(=O)CCOc2ccccc2C)s1. The maximum absolute atomic E-state index is 11.7. The summed E-state index contributed by atoms with van der Waals surface area (Å²) in [4.78, 5) is 11.7. The van der Waals surface area contributed by atoms with Crippen molar-refractivity contribution < 1.29 is 9.53 Å². The standard InChI is InChI=1S/C14H17N3O2S/c1-3-13-16-17-14(20-13)15-12(18)8-9-19-11-7-5-4-6-10(11)2/h4-7H,3,8-9H2,1-2H3,(H,15,17,18). The molecular weight excluding hydrogens is 274 g/mol. The van der Waals surface area contributed by atoms with E-state index < -0.39 is 0 Å². The Kier molecular flexibility index (Phi) is 5.06. The van der Waals surface area contributed by atoms with Gasteiger partial charge in [0.05, 0.1) is 13.0 Å². The smallest absolute Gasteiger partial charge is 0.229 e. The zero-order valence-corrected chi connectivity index (χ0v) is 12.4. The van der Waals surface area contributed by atoms with E-state index in [1.807, 2.05) is 38.1 Å². The molecule has 2 aromatic rings. The lowest BCUT2D eigenvalue weighted by atomic mass is 10.2. The Morgan fingerprint density at radius 1 is 1.35 bits per heavy atom. The van der Waals surface area contributed by atoms with Gasteiger partial charge in [-0.15, -0.1) is 10.2 Å². The van der Waals surface area contributed by atoms with E-state index in [0.29, 0.717) is 11.7 Å². The predicted octanol–water partition coefficient (Wildman–Crippen LogP) is 2.82. The quantitative estimate of drug-likeness (QED) is 0.889. The topological polar surface area (TPSA) is 64.1 Å². The minimum atomic E-state index is -0.114. The maximum Gasteiger partial charge on any atom is 0.229 e. The average Bonchev–Trinajstić information content (AvgIpc) is 2.88. The summed E-state index contributed by atoms with van der Waals surface area (Å²) < 4.78 is 5.58. The molecule has 0 bridgehead atoms. The molecule has 0 aliphatic heterocycles. The van der Waals surface area contributed by atoms with Gasteiger partial charge in [0.2, 0.25) is 11.0 Å². The second kappa shape index (κ2) is 7.00. The van der Waals surface area contributed by atoms with Gasteiger partial charge in [-0.05, 0) is 25.0 Å². The fourth-order valence-electron chi connectivity index (χ4n) is 1.60. The molecule has 1 aromatic carbocycles. The highest BCUT2D eigenvalue weighted by Crippen LogP contribution is 2.17. The molecule has 106 valence electrons. The summed E-state index contributed by atoms with van der Waals surface area (Å²) in [5.74, 6) is 0.696. The first-order valence-corrected chi connectivity index (χ1v) is 7.31. The number of carbonyl (C=O) groups is 1. The first-order valence-electron chi connectivity index (χ1n) is 6.49. The van der Waals surface area contributed by atoms with Crippen molar-refractivity contribution in [1.29, 1.82) is 0 Å². The first-order chi connectivity index (χ1) is 9.69. The van der Waals surface area contributed by atoms with Crippen LogP contribution in [0.15, 0.2) is 24.3 Å². The van der Waals surface area contributed by atoms with Crippen LogP contribution in [0.25, 0.3) is 0 Å². The minimum absolute atomic E-state index is 0.114. The number of carbonyl (C=O) groups excluding carboxylic acids is 1. The van der Waals surface area contributed by atoms with Gasteiger partial charge in [0.1, 0.15) is 10.8 Å². The molecule has 1 aromatic heterocycles. The van der Waals surface area contributed by atoms with Gasteiger partial charge >= 0.3 is 0 Å². The third-order valence-corrected chi connectivity index (χ3v) is 3.68. The van der Waals surface area contributed by atoms with Gasteiger partial charge in [0.15, 0.2) is 0 Å². The van der Waals surface area contributed by atoms with Crippen LogP contribution in [0.4, 0.5) is 5.13 Å². The Labute approximate surface area is 122 Å². The molecule has 0 fully saturated rings. The van der Waals surface area contributed by atoms with Gasteiger partial charge in [-0.25, -0.2) is 0 Å². The molecule has 0 radical (unpaired) electrons. The number of nitrogens with one attached hydrogen (secondary N) is 1. The van der Waals surface area contributed by atoms with E-state index in [-0.39, 0.29) is 12.3 Å². The lowest BCUT2D eigenvalue weighted by molar-refractivity contribution is -0.116. The molecule has 0 aliphatic rings. The molecule has 20 heavy (non-hydrogen) atoms. The number of hydrogen-bond donors (Lipinski definition) is 1.